The molecule has 7 nitrogen and oxygen atoms in total. The molecule has 0 bridgehead atoms. The van der Waals surface area contributed by atoms with Crippen molar-refractivity contribution in [3.8, 4) is 5.75 Å². The second-order valence-corrected chi connectivity index (χ2v) is 8.37. The van der Waals surface area contributed by atoms with E-state index in [0.29, 0.717) is 23.8 Å². The summed E-state index contributed by atoms with van der Waals surface area (Å²) in [5, 5.41) is 10.8. The molecule has 1 aromatic carbocycles. The maximum atomic E-state index is 13.2. The predicted molar refractivity (Wildman–Crippen MR) is 122 cm³/mol. The summed E-state index contributed by atoms with van der Waals surface area (Å²) < 4.78 is 11.2. The van der Waals surface area contributed by atoms with Crippen LogP contribution in [0.2, 0.25) is 0 Å². The lowest BCUT2D eigenvalue weighted by atomic mass is 9.94. The van der Waals surface area contributed by atoms with Gasteiger partial charge in [0.25, 0.3) is 5.91 Å². The molecule has 1 amide bonds. The van der Waals surface area contributed by atoms with E-state index < -0.39 is 23.5 Å². The molecule has 33 heavy (non-hydrogen) atoms. The molecule has 7 heteroatoms. The van der Waals surface area contributed by atoms with Crippen molar-refractivity contribution in [3.63, 3.8) is 0 Å². The monoisotopic (exact) mass is 446 g/mol. The van der Waals surface area contributed by atoms with Crippen LogP contribution in [-0.4, -0.2) is 33.3 Å². The number of amides is 1. The highest BCUT2D eigenvalue weighted by Gasteiger charge is 2.44. The normalized spacial score (nSPS) is 16.0. The Kier molecular flexibility index (Phi) is 6.58. The number of rotatable bonds is 9. The first-order valence-corrected chi connectivity index (χ1v) is 10.9. The van der Waals surface area contributed by atoms with Gasteiger partial charge in [0.2, 0.25) is 5.78 Å². The number of carbonyl (C=O) groups is 2. The standard InChI is InChI=1S/C26H26N2O5/c1-17(2)10-13-32-20-8-3-7-19(14-20)23-22(24(29)21-9-5-12-33-21)25(30)26(31)28(23)16-18-6-4-11-27-15-18/h3-9,11-12,14-15,17,23,30H,10,13,16H2,1-2H3. The first-order valence-electron chi connectivity index (χ1n) is 10.9. The third-order valence-corrected chi connectivity index (χ3v) is 5.51. The van der Waals surface area contributed by atoms with E-state index in [-0.39, 0.29) is 17.9 Å². The number of hydrogen-bond acceptors (Lipinski definition) is 6. The Morgan fingerprint density at radius 2 is 2.06 bits per heavy atom. The first-order chi connectivity index (χ1) is 16.0. The highest BCUT2D eigenvalue weighted by atomic mass is 16.5. The summed E-state index contributed by atoms with van der Waals surface area (Å²) in [5.74, 6) is -0.523. The fourth-order valence-electron chi connectivity index (χ4n) is 3.81. The maximum Gasteiger partial charge on any atom is 0.290 e. The lowest BCUT2D eigenvalue weighted by molar-refractivity contribution is -0.130. The average molecular weight is 447 g/mol. The van der Waals surface area contributed by atoms with Crippen LogP contribution in [0.1, 0.15) is 48.0 Å². The summed E-state index contributed by atoms with van der Waals surface area (Å²) in [6.45, 7) is 4.98. The predicted octanol–water partition coefficient (Wildman–Crippen LogP) is 4.88. The molecule has 0 saturated heterocycles. The molecule has 0 radical (unpaired) electrons. The zero-order chi connectivity index (χ0) is 23.4. The quantitative estimate of drug-likeness (QED) is 0.471. The van der Waals surface area contributed by atoms with Crippen molar-refractivity contribution < 1.29 is 23.8 Å². The smallest absolute Gasteiger partial charge is 0.290 e. The Morgan fingerprint density at radius 3 is 2.76 bits per heavy atom. The van der Waals surface area contributed by atoms with Crippen molar-refractivity contribution in [1.82, 2.24) is 9.88 Å². The van der Waals surface area contributed by atoms with E-state index in [2.05, 4.69) is 18.8 Å². The summed E-state index contributed by atoms with van der Waals surface area (Å²) >= 11 is 0. The molecule has 3 heterocycles. The Bertz CT molecular complexity index is 1150. The van der Waals surface area contributed by atoms with Crippen LogP contribution in [0.15, 0.2) is 82.9 Å². The zero-order valence-corrected chi connectivity index (χ0v) is 18.6. The molecule has 0 aliphatic carbocycles. The number of furan rings is 1. The van der Waals surface area contributed by atoms with Gasteiger partial charge in [0.05, 0.1) is 24.5 Å². The second-order valence-electron chi connectivity index (χ2n) is 8.37. The number of carbonyl (C=O) groups excluding carboxylic acids is 2. The summed E-state index contributed by atoms with van der Waals surface area (Å²) in [5.41, 5.74) is 1.42. The number of benzene rings is 1. The van der Waals surface area contributed by atoms with E-state index in [1.54, 1.807) is 24.5 Å². The van der Waals surface area contributed by atoms with Gasteiger partial charge in [-0.25, -0.2) is 0 Å². The molecule has 0 saturated carbocycles. The lowest BCUT2D eigenvalue weighted by Crippen LogP contribution is -2.30. The largest absolute Gasteiger partial charge is 0.503 e. The van der Waals surface area contributed by atoms with Crippen molar-refractivity contribution in [2.45, 2.75) is 32.9 Å². The average Bonchev–Trinajstić information content (AvgIpc) is 3.43. The fourth-order valence-corrected chi connectivity index (χ4v) is 3.81. The number of aliphatic hydroxyl groups excluding tert-OH is 1. The SMILES string of the molecule is CC(C)CCOc1cccc(C2C(C(=O)c3ccco3)=C(O)C(=O)N2Cc2cccnc2)c1. The molecule has 1 N–H and O–H groups in total. The van der Waals surface area contributed by atoms with Gasteiger partial charge in [0, 0.05) is 18.9 Å². The molecule has 1 aliphatic rings. The molecule has 0 fully saturated rings. The van der Waals surface area contributed by atoms with Gasteiger partial charge in [-0.3, -0.25) is 14.6 Å². The first kappa shape index (κ1) is 22.3. The third kappa shape index (κ3) is 4.82. The number of ether oxygens (including phenoxy) is 1. The lowest BCUT2D eigenvalue weighted by Gasteiger charge is -2.27. The minimum atomic E-state index is -0.802. The molecule has 3 aromatic rings. The van der Waals surface area contributed by atoms with E-state index in [1.165, 1.54) is 17.2 Å². The number of aliphatic hydroxyl groups is 1. The van der Waals surface area contributed by atoms with Crippen molar-refractivity contribution in [2.75, 3.05) is 6.61 Å². The Labute approximate surface area is 192 Å². The molecular formula is C26H26N2O5. The molecule has 4 rings (SSSR count). The topological polar surface area (TPSA) is 92.9 Å². The van der Waals surface area contributed by atoms with E-state index in [1.807, 2.05) is 30.3 Å². The minimum Gasteiger partial charge on any atom is -0.503 e. The van der Waals surface area contributed by atoms with E-state index in [0.717, 1.165) is 12.0 Å². The molecule has 170 valence electrons. The van der Waals surface area contributed by atoms with Gasteiger partial charge in [-0.05, 0) is 53.8 Å². The van der Waals surface area contributed by atoms with Crippen LogP contribution in [0.25, 0.3) is 0 Å². The van der Waals surface area contributed by atoms with Crippen molar-refractivity contribution in [3.05, 3.63) is 95.4 Å². The van der Waals surface area contributed by atoms with Crippen LogP contribution < -0.4 is 4.74 Å². The number of pyridine rings is 1. The van der Waals surface area contributed by atoms with E-state index in [9.17, 15) is 14.7 Å². The summed E-state index contributed by atoms with van der Waals surface area (Å²) in [6, 6.07) is 13.2. The molecule has 2 aromatic heterocycles. The van der Waals surface area contributed by atoms with Crippen LogP contribution in [0.5, 0.6) is 5.75 Å². The third-order valence-electron chi connectivity index (χ3n) is 5.51. The van der Waals surface area contributed by atoms with Gasteiger partial charge < -0.3 is 19.2 Å². The van der Waals surface area contributed by atoms with Crippen LogP contribution in [-0.2, 0) is 11.3 Å². The van der Waals surface area contributed by atoms with Crippen LogP contribution in [0.3, 0.4) is 0 Å². The van der Waals surface area contributed by atoms with Crippen LogP contribution in [0, 0.1) is 5.92 Å². The van der Waals surface area contributed by atoms with Crippen molar-refractivity contribution in [2.24, 2.45) is 5.92 Å². The van der Waals surface area contributed by atoms with Gasteiger partial charge in [-0.15, -0.1) is 0 Å². The Balaban J connectivity index is 1.72. The summed E-state index contributed by atoms with van der Waals surface area (Å²) in [7, 11) is 0. The highest BCUT2D eigenvalue weighted by molar-refractivity contribution is 6.15. The molecular weight excluding hydrogens is 420 g/mol. The van der Waals surface area contributed by atoms with E-state index in [4.69, 9.17) is 9.15 Å². The fraction of sp³-hybridized carbons (Fsp3) is 0.269. The number of hydrogen-bond donors (Lipinski definition) is 1. The summed E-state index contributed by atoms with van der Waals surface area (Å²) in [4.78, 5) is 31.9. The van der Waals surface area contributed by atoms with Gasteiger partial charge in [0.15, 0.2) is 11.5 Å². The van der Waals surface area contributed by atoms with Crippen molar-refractivity contribution in [1.29, 1.82) is 0 Å². The number of nitrogens with zero attached hydrogens (tertiary/aromatic N) is 2. The minimum absolute atomic E-state index is 0.0156. The second kappa shape index (κ2) is 9.73. The number of ketones is 1. The molecule has 1 unspecified atom stereocenters. The Hall–Kier alpha value is -3.87. The van der Waals surface area contributed by atoms with Crippen molar-refractivity contribution >= 4 is 11.7 Å². The molecule has 0 spiro atoms. The molecule has 1 aliphatic heterocycles. The zero-order valence-electron chi connectivity index (χ0n) is 18.6. The van der Waals surface area contributed by atoms with Crippen LogP contribution >= 0.6 is 0 Å². The number of Topliss-reactive ketones (excluding diaryl/α,β-unsaturated/α-hetero) is 1. The summed E-state index contributed by atoms with van der Waals surface area (Å²) in [6.07, 6.45) is 5.58. The van der Waals surface area contributed by atoms with Gasteiger partial charge in [-0.1, -0.05) is 32.0 Å². The van der Waals surface area contributed by atoms with Crippen LogP contribution in [0.4, 0.5) is 0 Å². The Morgan fingerprint density at radius 1 is 1.21 bits per heavy atom. The van der Waals surface area contributed by atoms with Gasteiger partial charge in [-0.2, -0.15) is 0 Å². The number of aromatic nitrogens is 1. The van der Waals surface area contributed by atoms with Gasteiger partial charge >= 0.3 is 0 Å². The maximum absolute atomic E-state index is 13.2. The molecule has 1 atom stereocenters. The van der Waals surface area contributed by atoms with Gasteiger partial charge in [0.1, 0.15) is 5.75 Å². The highest BCUT2D eigenvalue weighted by Crippen LogP contribution is 2.40. The van der Waals surface area contributed by atoms with E-state index >= 15 is 0 Å².